The standard InChI is InChI=1S/C11H15NO2S.ClH/c1-3-15-9-6-4-8(5-7-9)10(12)11(13)14-2;/h4-7,10H,3,12H2,1-2H3;1H/t10-;/m0./s1. The molecule has 1 atom stereocenters. The van der Waals surface area contributed by atoms with Crippen LogP contribution in [0.25, 0.3) is 0 Å². The lowest BCUT2D eigenvalue weighted by Crippen LogP contribution is -2.22. The first-order chi connectivity index (χ1) is 7.19. The fraction of sp³-hybridized carbons (Fsp3) is 0.364. The molecule has 0 aliphatic rings. The van der Waals surface area contributed by atoms with Crippen LogP contribution in [0.5, 0.6) is 0 Å². The van der Waals surface area contributed by atoms with Crippen LogP contribution in [0.3, 0.4) is 0 Å². The summed E-state index contributed by atoms with van der Waals surface area (Å²) in [6.07, 6.45) is 0. The Morgan fingerprint density at radius 2 is 2.00 bits per heavy atom. The van der Waals surface area contributed by atoms with Crippen molar-refractivity contribution in [3.63, 3.8) is 0 Å². The first-order valence-electron chi connectivity index (χ1n) is 4.75. The highest BCUT2D eigenvalue weighted by molar-refractivity contribution is 7.99. The van der Waals surface area contributed by atoms with Gasteiger partial charge in [-0.15, -0.1) is 24.2 Å². The Kier molecular flexibility index (Phi) is 7.21. The van der Waals surface area contributed by atoms with E-state index in [9.17, 15) is 4.79 Å². The van der Waals surface area contributed by atoms with E-state index in [1.54, 1.807) is 11.8 Å². The minimum absolute atomic E-state index is 0. The molecule has 0 aromatic heterocycles. The number of hydrogen-bond donors (Lipinski definition) is 1. The number of esters is 1. The van der Waals surface area contributed by atoms with Gasteiger partial charge in [0.1, 0.15) is 6.04 Å². The molecule has 0 heterocycles. The number of hydrogen-bond acceptors (Lipinski definition) is 4. The molecule has 16 heavy (non-hydrogen) atoms. The van der Waals surface area contributed by atoms with E-state index >= 15 is 0 Å². The predicted octanol–water partition coefficient (Wildman–Crippen LogP) is 2.39. The van der Waals surface area contributed by atoms with Crippen LogP contribution in [0.15, 0.2) is 29.2 Å². The highest BCUT2D eigenvalue weighted by atomic mass is 35.5. The first kappa shape index (κ1) is 15.3. The number of nitrogens with two attached hydrogens (primary N) is 1. The van der Waals surface area contributed by atoms with E-state index < -0.39 is 12.0 Å². The molecule has 5 heteroatoms. The molecule has 1 aromatic carbocycles. The summed E-state index contributed by atoms with van der Waals surface area (Å²) in [4.78, 5) is 12.3. The molecular weight excluding hydrogens is 246 g/mol. The third-order valence-corrected chi connectivity index (χ3v) is 2.90. The Morgan fingerprint density at radius 3 is 2.44 bits per heavy atom. The van der Waals surface area contributed by atoms with Crippen LogP contribution >= 0.6 is 24.2 Å². The molecule has 1 aromatic rings. The maximum Gasteiger partial charge on any atom is 0.327 e. The topological polar surface area (TPSA) is 52.3 Å². The summed E-state index contributed by atoms with van der Waals surface area (Å²) >= 11 is 1.75. The van der Waals surface area contributed by atoms with Gasteiger partial charge in [-0.25, -0.2) is 0 Å². The van der Waals surface area contributed by atoms with Crippen LogP contribution < -0.4 is 5.73 Å². The Bertz CT molecular complexity index is 329. The van der Waals surface area contributed by atoms with Gasteiger partial charge in [0.15, 0.2) is 0 Å². The van der Waals surface area contributed by atoms with Gasteiger partial charge < -0.3 is 10.5 Å². The molecule has 1 rings (SSSR count). The number of methoxy groups -OCH3 is 1. The van der Waals surface area contributed by atoms with Gasteiger partial charge in [0.2, 0.25) is 0 Å². The molecular formula is C11H16ClNO2S. The number of thioether (sulfide) groups is 1. The average molecular weight is 262 g/mol. The van der Waals surface area contributed by atoms with E-state index in [0.717, 1.165) is 11.3 Å². The molecule has 90 valence electrons. The van der Waals surface area contributed by atoms with Gasteiger partial charge in [-0.2, -0.15) is 0 Å². The first-order valence-corrected chi connectivity index (χ1v) is 5.73. The molecule has 0 bridgehead atoms. The van der Waals surface area contributed by atoms with E-state index in [-0.39, 0.29) is 12.4 Å². The van der Waals surface area contributed by atoms with E-state index in [1.807, 2.05) is 24.3 Å². The molecule has 0 aliphatic carbocycles. The maximum atomic E-state index is 11.2. The van der Waals surface area contributed by atoms with Crippen molar-refractivity contribution in [3.05, 3.63) is 29.8 Å². The van der Waals surface area contributed by atoms with Gasteiger partial charge in [0.25, 0.3) is 0 Å². The van der Waals surface area contributed by atoms with Crippen molar-refractivity contribution in [2.75, 3.05) is 12.9 Å². The molecule has 0 saturated carbocycles. The van der Waals surface area contributed by atoms with Gasteiger partial charge in [-0.1, -0.05) is 19.1 Å². The summed E-state index contributed by atoms with van der Waals surface area (Å²) < 4.78 is 4.57. The van der Waals surface area contributed by atoms with Gasteiger partial charge in [0.05, 0.1) is 7.11 Å². The molecule has 2 N–H and O–H groups in total. The van der Waals surface area contributed by atoms with Crippen LogP contribution in [-0.4, -0.2) is 18.8 Å². The van der Waals surface area contributed by atoms with Crippen LogP contribution in [0.4, 0.5) is 0 Å². The molecule has 0 spiro atoms. The number of ether oxygens (including phenoxy) is 1. The summed E-state index contributed by atoms with van der Waals surface area (Å²) in [5, 5.41) is 0. The van der Waals surface area contributed by atoms with E-state index in [4.69, 9.17) is 5.73 Å². The van der Waals surface area contributed by atoms with Crippen LogP contribution in [0.2, 0.25) is 0 Å². The Labute approximate surface area is 106 Å². The SMILES string of the molecule is CCSc1ccc([C@H](N)C(=O)OC)cc1.Cl. The minimum atomic E-state index is -0.685. The van der Waals surface area contributed by atoms with Crippen LogP contribution in [-0.2, 0) is 9.53 Å². The van der Waals surface area contributed by atoms with Crippen molar-refractivity contribution < 1.29 is 9.53 Å². The predicted molar refractivity (Wildman–Crippen MR) is 69.0 cm³/mol. The second kappa shape index (κ2) is 7.54. The fourth-order valence-electron chi connectivity index (χ4n) is 1.20. The quantitative estimate of drug-likeness (QED) is 0.668. The van der Waals surface area contributed by atoms with Crippen molar-refractivity contribution in [1.29, 1.82) is 0 Å². The van der Waals surface area contributed by atoms with Crippen molar-refractivity contribution in [2.45, 2.75) is 17.9 Å². The van der Waals surface area contributed by atoms with Gasteiger partial charge in [0, 0.05) is 4.90 Å². The normalized spacial score (nSPS) is 11.4. The zero-order valence-electron chi connectivity index (χ0n) is 9.30. The highest BCUT2D eigenvalue weighted by Crippen LogP contribution is 2.20. The van der Waals surface area contributed by atoms with Crippen molar-refractivity contribution in [1.82, 2.24) is 0 Å². The zero-order valence-corrected chi connectivity index (χ0v) is 10.9. The number of carbonyl (C=O) groups is 1. The van der Waals surface area contributed by atoms with Crippen molar-refractivity contribution in [2.24, 2.45) is 5.73 Å². The van der Waals surface area contributed by atoms with Gasteiger partial charge in [-0.05, 0) is 23.4 Å². The second-order valence-electron chi connectivity index (χ2n) is 3.00. The average Bonchev–Trinajstić information content (AvgIpc) is 2.28. The summed E-state index contributed by atoms with van der Waals surface area (Å²) in [6, 6.07) is 6.97. The van der Waals surface area contributed by atoms with Crippen molar-refractivity contribution in [3.8, 4) is 0 Å². The lowest BCUT2D eigenvalue weighted by atomic mass is 10.1. The zero-order chi connectivity index (χ0) is 11.3. The van der Waals surface area contributed by atoms with E-state index in [0.29, 0.717) is 0 Å². The number of rotatable bonds is 4. The van der Waals surface area contributed by atoms with Gasteiger partial charge in [-0.3, -0.25) is 4.79 Å². The van der Waals surface area contributed by atoms with E-state index in [1.165, 1.54) is 12.0 Å². The third-order valence-electron chi connectivity index (χ3n) is 2.01. The summed E-state index contributed by atoms with van der Waals surface area (Å²) in [5.74, 6) is 0.619. The van der Waals surface area contributed by atoms with Gasteiger partial charge >= 0.3 is 5.97 Å². The third kappa shape index (κ3) is 4.04. The molecule has 0 amide bonds. The second-order valence-corrected chi connectivity index (χ2v) is 4.34. The smallest absolute Gasteiger partial charge is 0.327 e. The minimum Gasteiger partial charge on any atom is -0.468 e. The summed E-state index contributed by atoms with van der Waals surface area (Å²) in [7, 11) is 1.34. The molecule has 3 nitrogen and oxygen atoms in total. The van der Waals surface area contributed by atoms with Crippen molar-refractivity contribution >= 4 is 30.1 Å². The highest BCUT2D eigenvalue weighted by Gasteiger charge is 2.15. The molecule has 0 fully saturated rings. The Hall–Kier alpha value is -0.710. The number of carbonyl (C=O) groups excluding carboxylic acids is 1. The number of benzene rings is 1. The Balaban J connectivity index is 0.00000225. The largest absolute Gasteiger partial charge is 0.468 e. The molecule has 0 saturated heterocycles. The van der Waals surface area contributed by atoms with Crippen LogP contribution in [0.1, 0.15) is 18.5 Å². The van der Waals surface area contributed by atoms with Crippen LogP contribution in [0, 0.1) is 0 Å². The monoisotopic (exact) mass is 261 g/mol. The molecule has 0 unspecified atom stereocenters. The lowest BCUT2D eigenvalue weighted by Gasteiger charge is -2.09. The maximum absolute atomic E-state index is 11.2. The molecule has 0 aliphatic heterocycles. The number of halogens is 1. The van der Waals surface area contributed by atoms with E-state index in [2.05, 4.69) is 11.7 Å². The summed E-state index contributed by atoms with van der Waals surface area (Å²) in [6.45, 7) is 2.10. The lowest BCUT2D eigenvalue weighted by molar-refractivity contribution is -0.142. The summed E-state index contributed by atoms with van der Waals surface area (Å²) in [5.41, 5.74) is 6.47. The Morgan fingerprint density at radius 1 is 1.44 bits per heavy atom. The molecule has 0 radical (unpaired) electrons. The fourth-order valence-corrected chi connectivity index (χ4v) is 1.86.